The lowest BCUT2D eigenvalue weighted by atomic mass is 9.52. The molecule has 2 nitrogen and oxygen atoms in total. The maximum absolute atomic E-state index is 2.42. The van der Waals surface area contributed by atoms with E-state index in [-0.39, 0.29) is 0 Å². The molecule has 0 saturated heterocycles. The molecule has 0 fully saturated rings. The highest BCUT2D eigenvalue weighted by molar-refractivity contribution is 6.10. The van der Waals surface area contributed by atoms with Crippen molar-refractivity contribution < 1.29 is 0 Å². The van der Waals surface area contributed by atoms with Crippen LogP contribution in [0.4, 0.5) is 17.1 Å². The number of benzene rings is 11. The minimum Gasteiger partial charge on any atom is -0.310 e. The monoisotopic (exact) mass is 890 g/mol. The molecule has 2 aliphatic rings. The van der Waals surface area contributed by atoms with Crippen LogP contribution in [0.15, 0.2) is 279 Å². The normalized spacial score (nSPS) is 16.4. The van der Waals surface area contributed by atoms with Gasteiger partial charge in [0.2, 0.25) is 0 Å². The Morgan fingerprint density at radius 1 is 0.286 bits per heavy atom. The van der Waals surface area contributed by atoms with Gasteiger partial charge in [-0.2, -0.15) is 0 Å². The van der Waals surface area contributed by atoms with Gasteiger partial charge in [-0.25, -0.2) is 0 Å². The van der Waals surface area contributed by atoms with E-state index in [0.29, 0.717) is 0 Å². The van der Waals surface area contributed by atoms with Crippen molar-refractivity contribution in [3.63, 3.8) is 0 Å². The Morgan fingerprint density at radius 3 is 1.49 bits per heavy atom. The molecule has 1 heterocycles. The van der Waals surface area contributed by atoms with E-state index in [1.54, 1.807) is 0 Å². The number of hydrogen-bond acceptors (Lipinski definition) is 1. The summed E-state index contributed by atoms with van der Waals surface area (Å²) in [6, 6.07) is 103. The van der Waals surface area contributed by atoms with E-state index in [4.69, 9.17) is 0 Å². The van der Waals surface area contributed by atoms with E-state index in [2.05, 4.69) is 289 Å². The van der Waals surface area contributed by atoms with E-state index in [9.17, 15) is 0 Å². The van der Waals surface area contributed by atoms with E-state index in [1.165, 1.54) is 88.6 Å². The highest BCUT2D eigenvalue weighted by Crippen LogP contribution is 2.65. The van der Waals surface area contributed by atoms with Gasteiger partial charge in [-0.1, -0.05) is 218 Å². The molecule has 0 spiro atoms. The predicted octanol–water partition coefficient (Wildman–Crippen LogP) is 17.0. The summed E-state index contributed by atoms with van der Waals surface area (Å²) >= 11 is 0. The summed E-state index contributed by atoms with van der Waals surface area (Å²) in [5, 5.41) is 2.43. The molecule has 2 unspecified atom stereocenters. The minimum absolute atomic E-state index is 0.490. The van der Waals surface area contributed by atoms with Crippen LogP contribution in [0, 0.1) is 0 Å². The Balaban J connectivity index is 0.958. The summed E-state index contributed by atoms with van der Waals surface area (Å²) in [6.45, 7) is 0. The van der Waals surface area contributed by atoms with Gasteiger partial charge < -0.3 is 9.47 Å². The minimum atomic E-state index is -0.625. The van der Waals surface area contributed by atoms with Crippen molar-refractivity contribution in [2.24, 2.45) is 0 Å². The first-order valence-electron chi connectivity index (χ1n) is 24.3. The molecule has 0 saturated carbocycles. The number of hydrogen-bond donors (Lipinski definition) is 0. The van der Waals surface area contributed by atoms with Crippen LogP contribution < -0.4 is 4.90 Å². The number of nitrogens with zero attached hydrogens (tertiary/aromatic N) is 2. The first kappa shape index (κ1) is 40.1. The van der Waals surface area contributed by atoms with Crippen LogP contribution in [0.25, 0.3) is 49.7 Å². The standard InChI is InChI=1S/C68H46N2/c1-5-20-47(21-6-1)48-36-40-54(41-37-48)70-64-35-18-14-29-57(64)59-46-55(44-45-65(59)70)69(52-26-11-4-12-27-52)53-42-38-51(39-43-53)67(49-22-7-2-8-23-49)61-32-16-17-33-62(61)68(50-24-9-3-10-25-50)60-31-15-13-28-56(60)58-30-19-34-63(67)66(58)68/h1-46H. The van der Waals surface area contributed by atoms with Crippen molar-refractivity contribution in [2.75, 3.05) is 4.90 Å². The zero-order valence-corrected chi connectivity index (χ0v) is 38.5. The summed E-state index contributed by atoms with van der Waals surface area (Å²) < 4.78 is 2.40. The molecule has 2 atom stereocenters. The highest BCUT2D eigenvalue weighted by Gasteiger charge is 2.57. The molecule has 0 amide bonds. The lowest BCUT2D eigenvalue weighted by molar-refractivity contribution is 0.626. The van der Waals surface area contributed by atoms with E-state index in [1.807, 2.05) is 0 Å². The topological polar surface area (TPSA) is 8.17 Å². The molecular formula is C68H46N2. The number of rotatable bonds is 8. The molecule has 12 aromatic rings. The van der Waals surface area contributed by atoms with Gasteiger partial charge >= 0.3 is 0 Å². The second kappa shape index (κ2) is 15.8. The van der Waals surface area contributed by atoms with Crippen LogP contribution in [0.5, 0.6) is 0 Å². The Hall–Kier alpha value is -8.98. The SMILES string of the molecule is c1ccc(-c2ccc(-n3c4ccccc4c4cc(N(c5ccccc5)c5ccc(C6(c7ccccc7)c7ccccc7C7(c8ccccc8)c8ccccc8-c8cccc6c87)cc5)ccc43)cc2)cc1. The number of aromatic nitrogens is 1. The zero-order chi connectivity index (χ0) is 46.2. The van der Waals surface area contributed by atoms with E-state index in [0.717, 1.165) is 22.7 Å². The van der Waals surface area contributed by atoms with Crippen molar-refractivity contribution in [3.05, 3.63) is 324 Å². The van der Waals surface area contributed by atoms with Gasteiger partial charge in [-0.15, -0.1) is 0 Å². The highest BCUT2D eigenvalue weighted by atomic mass is 15.1. The molecule has 2 aliphatic carbocycles. The molecule has 11 aromatic carbocycles. The fourth-order valence-corrected chi connectivity index (χ4v) is 12.6. The second-order valence-electron chi connectivity index (χ2n) is 18.7. The molecule has 70 heavy (non-hydrogen) atoms. The number of fused-ring (bicyclic) bond motifs is 8. The number of anilines is 3. The third kappa shape index (κ3) is 5.68. The number of para-hydroxylation sites is 2. The van der Waals surface area contributed by atoms with Gasteiger partial charge in [0, 0.05) is 33.5 Å². The molecule has 0 aliphatic heterocycles. The van der Waals surface area contributed by atoms with Crippen LogP contribution in [-0.4, -0.2) is 4.57 Å². The Morgan fingerprint density at radius 2 is 0.771 bits per heavy atom. The average molecular weight is 891 g/mol. The Bertz CT molecular complexity index is 3910. The van der Waals surface area contributed by atoms with Gasteiger partial charge in [0.05, 0.1) is 21.9 Å². The summed E-state index contributed by atoms with van der Waals surface area (Å²) in [7, 11) is 0. The van der Waals surface area contributed by atoms with Crippen molar-refractivity contribution >= 4 is 38.9 Å². The Labute approximate surface area is 408 Å². The summed E-state index contributed by atoms with van der Waals surface area (Å²) in [6.07, 6.45) is 0. The van der Waals surface area contributed by atoms with Gasteiger partial charge in [0.1, 0.15) is 0 Å². The van der Waals surface area contributed by atoms with Gasteiger partial charge in [-0.3, -0.25) is 0 Å². The van der Waals surface area contributed by atoms with Gasteiger partial charge in [0.25, 0.3) is 0 Å². The van der Waals surface area contributed by atoms with Crippen molar-refractivity contribution in [2.45, 2.75) is 10.8 Å². The quantitative estimate of drug-likeness (QED) is 0.148. The largest absolute Gasteiger partial charge is 0.310 e. The molecule has 2 heteroatoms. The molecule has 0 bridgehead atoms. The summed E-state index contributed by atoms with van der Waals surface area (Å²) in [5.41, 5.74) is 21.1. The third-order valence-corrected chi connectivity index (χ3v) is 15.3. The van der Waals surface area contributed by atoms with Crippen molar-refractivity contribution in [3.8, 4) is 27.9 Å². The molecule has 0 radical (unpaired) electrons. The lowest BCUT2D eigenvalue weighted by Crippen LogP contribution is -2.44. The summed E-state index contributed by atoms with van der Waals surface area (Å²) in [5.74, 6) is 0. The maximum Gasteiger partial charge on any atom is 0.0720 e. The Kier molecular flexibility index (Phi) is 9.06. The van der Waals surface area contributed by atoms with E-state index < -0.39 is 10.8 Å². The molecule has 0 N–H and O–H groups in total. The van der Waals surface area contributed by atoms with Crippen molar-refractivity contribution in [1.82, 2.24) is 4.57 Å². The van der Waals surface area contributed by atoms with Gasteiger partial charge in [-0.05, 0) is 127 Å². The third-order valence-electron chi connectivity index (χ3n) is 15.3. The van der Waals surface area contributed by atoms with Gasteiger partial charge in [0.15, 0.2) is 0 Å². The predicted molar refractivity (Wildman–Crippen MR) is 290 cm³/mol. The van der Waals surface area contributed by atoms with E-state index >= 15 is 0 Å². The molecule has 14 rings (SSSR count). The lowest BCUT2D eigenvalue weighted by Gasteiger charge is -2.49. The van der Waals surface area contributed by atoms with Crippen LogP contribution in [0.1, 0.15) is 44.5 Å². The first-order valence-corrected chi connectivity index (χ1v) is 24.3. The van der Waals surface area contributed by atoms with Crippen LogP contribution in [-0.2, 0) is 10.8 Å². The van der Waals surface area contributed by atoms with Crippen LogP contribution >= 0.6 is 0 Å². The van der Waals surface area contributed by atoms with Crippen molar-refractivity contribution in [1.29, 1.82) is 0 Å². The molecule has 1 aromatic heterocycles. The maximum atomic E-state index is 2.42. The first-order chi connectivity index (χ1) is 34.7. The smallest absolute Gasteiger partial charge is 0.0720 e. The zero-order valence-electron chi connectivity index (χ0n) is 38.5. The molecule has 328 valence electrons. The second-order valence-corrected chi connectivity index (χ2v) is 18.7. The summed E-state index contributed by atoms with van der Waals surface area (Å²) in [4.78, 5) is 2.41. The fourth-order valence-electron chi connectivity index (χ4n) is 12.6. The molecular weight excluding hydrogens is 845 g/mol. The average Bonchev–Trinajstić information content (AvgIpc) is 3.94. The van der Waals surface area contributed by atoms with Crippen LogP contribution in [0.2, 0.25) is 0 Å². The van der Waals surface area contributed by atoms with Crippen LogP contribution in [0.3, 0.4) is 0 Å². The fraction of sp³-hybridized carbons (Fsp3) is 0.0294.